The van der Waals surface area contributed by atoms with Crippen molar-refractivity contribution in [3.8, 4) is 0 Å². The van der Waals surface area contributed by atoms with Gasteiger partial charge in [-0.05, 0) is 19.4 Å². The molecule has 0 fully saturated rings. The van der Waals surface area contributed by atoms with Crippen LogP contribution in [0.1, 0.15) is 24.5 Å². The minimum absolute atomic E-state index is 0.000524. The second-order valence-electron chi connectivity index (χ2n) is 4.97. The molecule has 0 radical (unpaired) electrons. The molecule has 0 heterocycles. The summed E-state index contributed by atoms with van der Waals surface area (Å²) in [5.41, 5.74) is 2.30. The van der Waals surface area contributed by atoms with Crippen LogP contribution in [0.3, 0.4) is 0 Å². The molecule has 0 unspecified atom stereocenters. The molecule has 1 amide bonds. The average Bonchev–Trinajstić information content (AvgIpc) is 2.46. The number of nitrogens with zero attached hydrogens (tertiary/aromatic N) is 1. The Hall–Kier alpha value is -1.88. The zero-order valence-electron chi connectivity index (χ0n) is 13.0. The summed E-state index contributed by atoms with van der Waals surface area (Å²) in [6, 6.07) is 8.11. The standard InChI is InChI=1S/C16H24N2O3/c1-4-21-16(20)9-10-17-11-15(19)18(3)12-14-7-5-13(2)6-8-14/h5-8,17H,4,9-12H2,1-3H3. The number of esters is 1. The van der Waals surface area contributed by atoms with E-state index >= 15 is 0 Å². The van der Waals surface area contributed by atoms with Gasteiger partial charge in [0.1, 0.15) is 0 Å². The highest BCUT2D eigenvalue weighted by atomic mass is 16.5. The summed E-state index contributed by atoms with van der Waals surface area (Å²) in [4.78, 5) is 24.7. The maximum Gasteiger partial charge on any atom is 0.307 e. The van der Waals surface area contributed by atoms with E-state index in [2.05, 4.69) is 5.32 Å². The number of amides is 1. The maximum absolute atomic E-state index is 11.9. The molecule has 1 aromatic rings. The Balaban J connectivity index is 2.25. The number of hydrogen-bond acceptors (Lipinski definition) is 4. The van der Waals surface area contributed by atoms with Gasteiger partial charge in [-0.3, -0.25) is 9.59 Å². The summed E-state index contributed by atoms with van der Waals surface area (Å²) in [6.45, 7) is 5.45. The SMILES string of the molecule is CCOC(=O)CCNCC(=O)N(C)Cc1ccc(C)cc1. The highest BCUT2D eigenvalue weighted by Gasteiger charge is 2.09. The van der Waals surface area contributed by atoms with Crippen LogP contribution in [0, 0.1) is 6.92 Å². The molecule has 0 saturated heterocycles. The minimum atomic E-state index is -0.245. The largest absolute Gasteiger partial charge is 0.466 e. The Morgan fingerprint density at radius 2 is 1.90 bits per heavy atom. The fraction of sp³-hybridized carbons (Fsp3) is 0.500. The van der Waals surface area contributed by atoms with E-state index in [1.54, 1.807) is 18.9 Å². The van der Waals surface area contributed by atoms with Crippen LogP contribution in [0.5, 0.6) is 0 Å². The van der Waals surface area contributed by atoms with E-state index in [1.807, 2.05) is 31.2 Å². The third kappa shape index (κ3) is 6.90. The van der Waals surface area contributed by atoms with Gasteiger partial charge in [0.05, 0.1) is 19.6 Å². The highest BCUT2D eigenvalue weighted by molar-refractivity contribution is 5.78. The van der Waals surface area contributed by atoms with Crippen molar-refractivity contribution < 1.29 is 14.3 Å². The van der Waals surface area contributed by atoms with E-state index in [-0.39, 0.29) is 24.8 Å². The van der Waals surface area contributed by atoms with Gasteiger partial charge in [-0.15, -0.1) is 0 Å². The molecule has 0 aliphatic carbocycles. The second kappa shape index (κ2) is 9.13. The molecule has 0 spiro atoms. The molecule has 0 bridgehead atoms. The Morgan fingerprint density at radius 1 is 1.24 bits per heavy atom. The maximum atomic E-state index is 11.9. The fourth-order valence-electron chi connectivity index (χ4n) is 1.81. The smallest absolute Gasteiger partial charge is 0.307 e. The number of ether oxygens (including phenoxy) is 1. The van der Waals surface area contributed by atoms with E-state index in [9.17, 15) is 9.59 Å². The number of carbonyl (C=O) groups is 2. The number of hydrogen-bond donors (Lipinski definition) is 1. The number of aryl methyl sites for hydroxylation is 1. The Morgan fingerprint density at radius 3 is 2.52 bits per heavy atom. The molecule has 0 aliphatic heterocycles. The first-order chi connectivity index (χ1) is 10.0. The first kappa shape index (κ1) is 17.2. The lowest BCUT2D eigenvalue weighted by Gasteiger charge is -2.17. The predicted octanol–water partition coefficient (Wildman–Crippen LogP) is 1.50. The summed E-state index contributed by atoms with van der Waals surface area (Å²) in [6.07, 6.45) is 0.281. The van der Waals surface area contributed by atoms with Crippen LogP contribution in [0.15, 0.2) is 24.3 Å². The van der Waals surface area contributed by atoms with Gasteiger partial charge in [0.2, 0.25) is 5.91 Å². The molecule has 1 aromatic carbocycles. The number of likely N-dealkylation sites (N-methyl/N-ethyl adjacent to an activating group) is 1. The fourth-order valence-corrected chi connectivity index (χ4v) is 1.81. The second-order valence-corrected chi connectivity index (χ2v) is 4.97. The van der Waals surface area contributed by atoms with Crippen LogP contribution in [0.2, 0.25) is 0 Å². The molecule has 1 N–H and O–H groups in total. The van der Waals surface area contributed by atoms with E-state index in [0.717, 1.165) is 5.56 Å². The van der Waals surface area contributed by atoms with Crippen molar-refractivity contribution in [2.45, 2.75) is 26.8 Å². The Labute approximate surface area is 126 Å². The van der Waals surface area contributed by atoms with E-state index in [0.29, 0.717) is 19.7 Å². The van der Waals surface area contributed by atoms with Gasteiger partial charge in [-0.1, -0.05) is 29.8 Å². The minimum Gasteiger partial charge on any atom is -0.466 e. The third-order valence-electron chi connectivity index (χ3n) is 3.05. The van der Waals surface area contributed by atoms with Crippen molar-refractivity contribution in [1.29, 1.82) is 0 Å². The van der Waals surface area contributed by atoms with Gasteiger partial charge < -0.3 is 15.0 Å². The molecule has 5 heteroatoms. The first-order valence-electron chi connectivity index (χ1n) is 7.18. The van der Waals surface area contributed by atoms with Crippen molar-refractivity contribution in [1.82, 2.24) is 10.2 Å². The predicted molar refractivity (Wildman–Crippen MR) is 81.8 cm³/mol. The molecular weight excluding hydrogens is 268 g/mol. The summed E-state index contributed by atoms with van der Waals surface area (Å²) < 4.78 is 4.81. The van der Waals surface area contributed by atoms with Gasteiger partial charge in [-0.25, -0.2) is 0 Å². The van der Waals surface area contributed by atoms with Crippen molar-refractivity contribution in [2.24, 2.45) is 0 Å². The lowest BCUT2D eigenvalue weighted by atomic mass is 10.1. The molecular formula is C16H24N2O3. The van der Waals surface area contributed by atoms with Crippen LogP contribution in [0.4, 0.5) is 0 Å². The lowest BCUT2D eigenvalue weighted by Crippen LogP contribution is -2.36. The van der Waals surface area contributed by atoms with Crippen molar-refractivity contribution in [3.63, 3.8) is 0 Å². The average molecular weight is 292 g/mol. The molecule has 1 rings (SSSR count). The molecule has 0 aliphatic rings. The topological polar surface area (TPSA) is 58.6 Å². The van der Waals surface area contributed by atoms with Gasteiger partial charge in [0, 0.05) is 20.1 Å². The van der Waals surface area contributed by atoms with Crippen LogP contribution in [0.25, 0.3) is 0 Å². The van der Waals surface area contributed by atoms with Gasteiger partial charge in [-0.2, -0.15) is 0 Å². The Bertz CT molecular complexity index is 457. The Kier molecular flexibility index (Phi) is 7.46. The van der Waals surface area contributed by atoms with Crippen molar-refractivity contribution >= 4 is 11.9 Å². The van der Waals surface area contributed by atoms with E-state index < -0.39 is 0 Å². The van der Waals surface area contributed by atoms with Crippen LogP contribution < -0.4 is 5.32 Å². The molecule has 0 saturated carbocycles. The monoisotopic (exact) mass is 292 g/mol. The highest BCUT2D eigenvalue weighted by Crippen LogP contribution is 2.05. The zero-order chi connectivity index (χ0) is 15.7. The van der Waals surface area contributed by atoms with Crippen LogP contribution in [-0.2, 0) is 20.9 Å². The van der Waals surface area contributed by atoms with Gasteiger partial charge >= 0.3 is 5.97 Å². The molecule has 0 atom stereocenters. The molecule has 21 heavy (non-hydrogen) atoms. The van der Waals surface area contributed by atoms with Crippen molar-refractivity contribution in [2.75, 3.05) is 26.7 Å². The van der Waals surface area contributed by atoms with E-state index in [4.69, 9.17) is 4.74 Å². The lowest BCUT2D eigenvalue weighted by molar-refractivity contribution is -0.143. The number of rotatable bonds is 8. The van der Waals surface area contributed by atoms with Crippen molar-refractivity contribution in [3.05, 3.63) is 35.4 Å². The number of benzene rings is 1. The quantitative estimate of drug-likeness (QED) is 0.582. The van der Waals surface area contributed by atoms with Gasteiger partial charge in [0.15, 0.2) is 0 Å². The van der Waals surface area contributed by atoms with Gasteiger partial charge in [0.25, 0.3) is 0 Å². The molecule has 116 valence electrons. The number of nitrogens with one attached hydrogen (secondary N) is 1. The summed E-state index contributed by atoms with van der Waals surface area (Å²) in [5, 5.41) is 2.96. The summed E-state index contributed by atoms with van der Waals surface area (Å²) >= 11 is 0. The van der Waals surface area contributed by atoms with E-state index in [1.165, 1.54) is 5.56 Å². The summed E-state index contributed by atoms with van der Waals surface area (Å²) in [5.74, 6) is -0.245. The summed E-state index contributed by atoms with van der Waals surface area (Å²) in [7, 11) is 1.77. The molecule has 0 aromatic heterocycles. The van der Waals surface area contributed by atoms with Crippen LogP contribution in [-0.4, -0.2) is 43.5 Å². The normalized spacial score (nSPS) is 10.2. The first-order valence-corrected chi connectivity index (χ1v) is 7.18. The molecule has 5 nitrogen and oxygen atoms in total. The van der Waals surface area contributed by atoms with Crippen LogP contribution >= 0.6 is 0 Å². The third-order valence-corrected chi connectivity index (χ3v) is 3.05. The number of carbonyl (C=O) groups excluding carboxylic acids is 2. The zero-order valence-corrected chi connectivity index (χ0v) is 13.0.